The maximum absolute atomic E-state index is 10.4. The lowest BCUT2D eigenvalue weighted by Gasteiger charge is -2.09. The Kier molecular flexibility index (Phi) is 6.27. The summed E-state index contributed by atoms with van der Waals surface area (Å²) in [5.41, 5.74) is 5.57. The molecule has 7 heteroatoms. The van der Waals surface area contributed by atoms with E-state index in [0.29, 0.717) is 10.9 Å². The predicted octanol–water partition coefficient (Wildman–Crippen LogP) is 2.78. The lowest BCUT2D eigenvalue weighted by molar-refractivity contribution is -0.139. The van der Waals surface area contributed by atoms with Crippen LogP contribution in [0.3, 0.4) is 0 Å². The average molecular weight is 343 g/mol. The van der Waals surface area contributed by atoms with E-state index in [1.54, 1.807) is 30.5 Å². The number of nitrogens with one attached hydrogen (secondary N) is 2. The van der Waals surface area contributed by atoms with Gasteiger partial charge in [0.1, 0.15) is 5.75 Å². The van der Waals surface area contributed by atoms with Crippen LogP contribution in [0.2, 0.25) is 0 Å². The van der Waals surface area contributed by atoms with Crippen molar-refractivity contribution in [2.24, 2.45) is 5.10 Å². The standard InChI is InChI=1S/C17H17N3O3S/c1-12-4-2-3-5-15(12)19-17(24)20-18-10-13-6-8-14(9-7-13)23-11-16(21)22/h2-10H,11H2,1H3,(H,21,22)(H2,19,20,24)/b18-10-. The monoisotopic (exact) mass is 343 g/mol. The number of hydrazone groups is 1. The van der Waals surface area contributed by atoms with Crippen molar-refractivity contribution in [2.45, 2.75) is 6.92 Å². The van der Waals surface area contributed by atoms with Gasteiger partial charge < -0.3 is 15.2 Å². The Balaban J connectivity index is 1.84. The average Bonchev–Trinajstić information content (AvgIpc) is 2.56. The SMILES string of the molecule is Cc1ccccc1NC(=S)N/N=C\c1ccc(OCC(=O)O)cc1. The summed E-state index contributed by atoms with van der Waals surface area (Å²) >= 11 is 5.18. The minimum atomic E-state index is -1.01. The number of ether oxygens (including phenoxy) is 1. The third kappa shape index (κ3) is 5.69. The number of hydrogen-bond donors (Lipinski definition) is 3. The fourth-order valence-electron chi connectivity index (χ4n) is 1.82. The summed E-state index contributed by atoms with van der Waals surface area (Å²) in [4.78, 5) is 10.4. The number of aryl methyl sites for hydroxylation is 1. The van der Waals surface area contributed by atoms with Crippen molar-refractivity contribution in [3.8, 4) is 5.75 Å². The number of nitrogens with zero attached hydrogens (tertiary/aromatic N) is 1. The third-order valence-electron chi connectivity index (χ3n) is 3.02. The Morgan fingerprint density at radius 2 is 1.96 bits per heavy atom. The Bertz CT molecular complexity index is 745. The second-order valence-electron chi connectivity index (χ2n) is 4.89. The minimum absolute atomic E-state index is 0.367. The Labute approximate surface area is 145 Å². The molecule has 0 atom stereocenters. The molecule has 0 aliphatic rings. The number of carboxylic acids is 1. The van der Waals surface area contributed by atoms with Gasteiger partial charge in [0.25, 0.3) is 0 Å². The van der Waals surface area contributed by atoms with Gasteiger partial charge in [-0.1, -0.05) is 18.2 Å². The molecule has 0 spiro atoms. The first-order chi connectivity index (χ1) is 11.5. The van der Waals surface area contributed by atoms with E-state index in [1.807, 2.05) is 31.2 Å². The van der Waals surface area contributed by atoms with Crippen molar-refractivity contribution in [3.05, 3.63) is 59.7 Å². The van der Waals surface area contributed by atoms with Gasteiger partial charge in [-0.2, -0.15) is 5.10 Å². The molecule has 2 aromatic rings. The summed E-state index contributed by atoms with van der Waals surface area (Å²) in [6.07, 6.45) is 1.60. The predicted molar refractivity (Wildman–Crippen MR) is 97.7 cm³/mol. The lowest BCUT2D eigenvalue weighted by atomic mass is 10.2. The molecule has 24 heavy (non-hydrogen) atoms. The molecular weight excluding hydrogens is 326 g/mol. The molecule has 6 nitrogen and oxygen atoms in total. The summed E-state index contributed by atoms with van der Waals surface area (Å²) in [5, 5.41) is 16.1. The molecule has 0 saturated carbocycles. The summed E-state index contributed by atoms with van der Waals surface area (Å²) in [5.74, 6) is -0.529. The number of thiocarbonyl (C=S) groups is 1. The molecule has 0 radical (unpaired) electrons. The van der Waals surface area contributed by atoms with Crippen LogP contribution in [0, 0.1) is 6.92 Å². The molecule has 3 N–H and O–H groups in total. The molecule has 2 rings (SSSR count). The van der Waals surface area contributed by atoms with E-state index < -0.39 is 5.97 Å². The van der Waals surface area contributed by atoms with Crippen LogP contribution in [0.1, 0.15) is 11.1 Å². The zero-order valence-corrected chi connectivity index (χ0v) is 13.8. The normalized spacial score (nSPS) is 10.4. The first kappa shape index (κ1) is 17.4. The van der Waals surface area contributed by atoms with E-state index in [2.05, 4.69) is 15.8 Å². The largest absolute Gasteiger partial charge is 0.482 e. The van der Waals surface area contributed by atoms with E-state index in [4.69, 9.17) is 22.1 Å². The highest BCUT2D eigenvalue weighted by Gasteiger charge is 2.00. The molecule has 2 aromatic carbocycles. The summed E-state index contributed by atoms with van der Waals surface area (Å²) in [6.45, 7) is 1.62. The van der Waals surface area contributed by atoms with Gasteiger partial charge in [0.2, 0.25) is 0 Å². The number of hydrogen-bond acceptors (Lipinski definition) is 4. The number of anilines is 1. The molecule has 0 heterocycles. The molecule has 0 amide bonds. The summed E-state index contributed by atoms with van der Waals surface area (Å²) in [7, 11) is 0. The first-order valence-corrected chi connectivity index (χ1v) is 7.56. The van der Waals surface area contributed by atoms with Crippen molar-refractivity contribution in [1.82, 2.24) is 5.43 Å². The van der Waals surface area contributed by atoms with E-state index >= 15 is 0 Å². The Morgan fingerprint density at radius 3 is 2.62 bits per heavy atom. The fourth-order valence-corrected chi connectivity index (χ4v) is 1.99. The molecule has 0 fully saturated rings. The highest BCUT2D eigenvalue weighted by molar-refractivity contribution is 7.80. The first-order valence-electron chi connectivity index (χ1n) is 7.15. The van der Waals surface area contributed by atoms with Crippen LogP contribution in [-0.4, -0.2) is 29.0 Å². The molecule has 0 bridgehead atoms. The Hall–Kier alpha value is -2.93. The van der Waals surface area contributed by atoms with Gasteiger partial charge in [-0.05, 0) is 60.6 Å². The van der Waals surface area contributed by atoms with Crippen LogP contribution in [0.4, 0.5) is 5.69 Å². The third-order valence-corrected chi connectivity index (χ3v) is 3.21. The van der Waals surface area contributed by atoms with Crippen LogP contribution in [0.5, 0.6) is 5.75 Å². The number of aliphatic carboxylic acids is 1. The molecule has 124 valence electrons. The van der Waals surface area contributed by atoms with E-state index in [9.17, 15) is 4.79 Å². The quantitative estimate of drug-likeness (QED) is 0.425. The van der Waals surface area contributed by atoms with Gasteiger partial charge in [0.15, 0.2) is 11.7 Å². The van der Waals surface area contributed by atoms with Crippen LogP contribution in [-0.2, 0) is 4.79 Å². The Morgan fingerprint density at radius 1 is 1.25 bits per heavy atom. The van der Waals surface area contributed by atoms with Crippen molar-refractivity contribution < 1.29 is 14.6 Å². The van der Waals surface area contributed by atoms with E-state index in [-0.39, 0.29) is 6.61 Å². The van der Waals surface area contributed by atoms with Crippen molar-refractivity contribution in [1.29, 1.82) is 0 Å². The van der Waals surface area contributed by atoms with E-state index in [1.165, 1.54) is 0 Å². The highest BCUT2D eigenvalue weighted by Crippen LogP contribution is 2.13. The smallest absolute Gasteiger partial charge is 0.341 e. The molecule has 0 aromatic heterocycles. The number of carbonyl (C=O) groups is 1. The lowest BCUT2D eigenvalue weighted by Crippen LogP contribution is -2.24. The topological polar surface area (TPSA) is 83.0 Å². The minimum Gasteiger partial charge on any atom is -0.482 e. The second-order valence-corrected chi connectivity index (χ2v) is 5.30. The van der Waals surface area contributed by atoms with Crippen LogP contribution >= 0.6 is 12.2 Å². The van der Waals surface area contributed by atoms with Gasteiger partial charge in [-0.3, -0.25) is 5.43 Å². The van der Waals surface area contributed by atoms with Crippen LogP contribution < -0.4 is 15.5 Å². The maximum Gasteiger partial charge on any atom is 0.341 e. The molecule has 0 aliphatic carbocycles. The van der Waals surface area contributed by atoms with Gasteiger partial charge >= 0.3 is 5.97 Å². The number of rotatable bonds is 6. The fraction of sp³-hybridized carbons (Fsp3) is 0.118. The highest BCUT2D eigenvalue weighted by atomic mass is 32.1. The zero-order valence-electron chi connectivity index (χ0n) is 13.0. The molecular formula is C17H17N3O3S. The summed E-state index contributed by atoms with van der Waals surface area (Å²) in [6, 6.07) is 14.7. The zero-order chi connectivity index (χ0) is 17.4. The van der Waals surface area contributed by atoms with Gasteiger partial charge in [0, 0.05) is 5.69 Å². The van der Waals surface area contributed by atoms with Crippen LogP contribution in [0.15, 0.2) is 53.6 Å². The van der Waals surface area contributed by atoms with Crippen molar-refractivity contribution in [3.63, 3.8) is 0 Å². The number of benzene rings is 2. The summed E-state index contributed by atoms with van der Waals surface area (Å²) < 4.78 is 5.05. The van der Waals surface area contributed by atoms with Crippen LogP contribution in [0.25, 0.3) is 0 Å². The van der Waals surface area contributed by atoms with Gasteiger partial charge in [-0.15, -0.1) is 0 Å². The number of para-hydroxylation sites is 1. The molecule has 0 aliphatic heterocycles. The van der Waals surface area contributed by atoms with E-state index in [0.717, 1.165) is 16.8 Å². The maximum atomic E-state index is 10.4. The van der Waals surface area contributed by atoms with Gasteiger partial charge in [-0.25, -0.2) is 4.79 Å². The van der Waals surface area contributed by atoms with Gasteiger partial charge in [0.05, 0.1) is 6.21 Å². The van der Waals surface area contributed by atoms with Crippen molar-refractivity contribution in [2.75, 3.05) is 11.9 Å². The molecule has 0 saturated heterocycles. The molecule has 0 unspecified atom stereocenters. The van der Waals surface area contributed by atoms with Crippen molar-refractivity contribution >= 4 is 35.2 Å². The second kappa shape index (κ2) is 8.64. The number of carboxylic acid groups (broad SMARTS) is 1.